The third kappa shape index (κ3) is 11.1. The van der Waals surface area contributed by atoms with Crippen molar-refractivity contribution in [2.24, 2.45) is 11.8 Å². The summed E-state index contributed by atoms with van der Waals surface area (Å²) in [5.41, 5.74) is 0.447. The molecule has 4 atom stereocenters. The number of nitrogens with zero attached hydrogens (tertiary/aromatic N) is 2. The molecule has 0 saturated heterocycles. The zero-order valence-corrected chi connectivity index (χ0v) is 26.0. The van der Waals surface area contributed by atoms with Crippen LogP contribution in [0.3, 0.4) is 0 Å². The summed E-state index contributed by atoms with van der Waals surface area (Å²) < 4.78 is 11.1. The molecule has 0 aliphatic carbocycles. The molecule has 226 valence electrons. The fraction of sp³-hybridized carbons (Fsp3) is 0.567. The first-order valence-corrected chi connectivity index (χ1v) is 14.6. The van der Waals surface area contributed by atoms with E-state index in [9.17, 15) is 24.3 Å². The normalized spacial score (nSPS) is 14.5. The maximum atomic E-state index is 13.2. The van der Waals surface area contributed by atoms with Gasteiger partial charge in [-0.05, 0) is 45.1 Å². The maximum Gasteiger partial charge on any atom is 0.410 e. The van der Waals surface area contributed by atoms with Gasteiger partial charge >= 0.3 is 18.0 Å². The first-order valence-electron chi connectivity index (χ1n) is 13.7. The number of carbonyl (C=O) groups excluding carboxylic acids is 3. The number of thiazole rings is 1. The van der Waals surface area contributed by atoms with Crippen LogP contribution in [0.25, 0.3) is 0 Å². The monoisotopic (exact) mass is 589 g/mol. The molecule has 0 radical (unpaired) electrons. The van der Waals surface area contributed by atoms with Crippen LogP contribution < -0.4 is 5.32 Å². The van der Waals surface area contributed by atoms with E-state index in [0.717, 1.165) is 5.56 Å². The zero-order valence-electron chi connectivity index (χ0n) is 25.2. The SMILES string of the molecule is CC(=O)O[C@H](C[C@H](C(C)C)N(C)C(=O)OC(C)(C)C)c1nc(C(=O)N[C@@H](Cc2ccccc2)C[C@H](C)C(=O)O)cs1. The van der Waals surface area contributed by atoms with Crippen molar-refractivity contribution in [2.75, 3.05) is 7.05 Å². The quantitative estimate of drug-likeness (QED) is 0.293. The van der Waals surface area contributed by atoms with E-state index < -0.39 is 47.6 Å². The number of esters is 1. The van der Waals surface area contributed by atoms with E-state index >= 15 is 0 Å². The highest BCUT2D eigenvalue weighted by Gasteiger charge is 2.33. The molecule has 2 rings (SSSR count). The van der Waals surface area contributed by atoms with Crippen molar-refractivity contribution in [3.63, 3.8) is 0 Å². The second-order valence-corrected chi connectivity index (χ2v) is 12.5. The van der Waals surface area contributed by atoms with Crippen molar-refractivity contribution < 1.29 is 33.8 Å². The van der Waals surface area contributed by atoms with Crippen LogP contribution in [0.4, 0.5) is 4.79 Å². The van der Waals surface area contributed by atoms with Crippen molar-refractivity contribution in [1.82, 2.24) is 15.2 Å². The van der Waals surface area contributed by atoms with E-state index in [1.54, 1.807) is 40.1 Å². The molecule has 0 saturated carbocycles. The summed E-state index contributed by atoms with van der Waals surface area (Å²) in [7, 11) is 1.65. The second kappa shape index (κ2) is 15.0. The van der Waals surface area contributed by atoms with Gasteiger partial charge in [-0.2, -0.15) is 0 Å². The number of aliphatic carboxylic acids is 1. The molecular weight excluding hydrogens is 546 g/mol. The highest BCUT2D eigenvalue weighted by molar-refractivity contribution is 7.09. The lowest BCUT2D eigenvalue weighted by molar-refractivity contribution is -0.148. The summed E-state index contributed by atoms with van der Waals surface area (Å²) in [5, 5.41) is 14.4. The minimum atomic E-state index is -0.937. The smallest absolute Gasteiger partial charge is 0.410 e. The Morgan fingerprint density at radius 1 is 1.07 bits per heavy atom. The van der Waals surface area contributed by atoms with Gasteiger partial charge in [0.2, 0.25) is 0 Å². The average Bonchev–Trinajstić information content (AvgIpc) is 3.35. The summed E-state index contributed by atoms with van der Waals surface area (Å²) in [6.07, 6.45) is -0.310. The number of nitrogens with one attached hydrogen (secondary N) is 1. The van der Waals surface area contributed by atoms with Gasteiger partial charge in [0.15, 0.2) is 6.10 Å². The topological polar surface area (TPSA) is 135 Å². The first-order chi connectivity index (χ1) is 19.1. The van der Waals surface area contributed by atoms with Crippen molar-refractivity contribution in [2.45, 2.75) is 91.5 Å². The summed E-state index contributed by atoms with van der Waals surface area (Å²) in [5.74, 6) is -2.54. The van der Waals surface area contributed by atoms with E-state index in [1.165, 1.54) is 23.2 Å². The molecule has 0 fully saturated rings. The molecule has 2 N–H and O–H groups in total. The Balaban J connectivity index is 2.25. The lowest BCUT2D eigenvalue weighted by Gasteiger charge is -2.34. The molecule has 2 amide bonds. The molecule has 2 aromatic rings. The van der Waals surface area contributed by atoms with Crippen LogP contribution in [0.2, 0.25) is 0 Å². The van der Waals surface area contributed by atoms with Gasteiger partial charge in [0.25, 0.3) is 5.91 Å². The maximum absolute atomic E-state index is 13.2. The summed E-state index contributed by atoms with van der Waals surface area (Å²) in [6.45, 7) is 12.2. The molecular formula is C30H43N3O7S. The van der Waals surface area contributed by atoms with E-state index in [0.29, 0.717) is 11.4 Å². The van der Waals surface area contributed by atoms with E-state index in [4.69, 9.17) is 9.47 Å². The van der Waals surface area contributed by atoms with Crippen LogP contribution >= 0.6 is 11.3 Å². The third-order valence-corrected chi connectivity index (χ3v) is 7.40. The van der Waals surface area contributed by atoms with Crippen molar-refractivity contribution in [3.8, 4) is 0 Å². The molecule has 0 bridgehead atoms. The van der Waals surface area contributed by atoms with Gasteiger partial charge in [-0.25, -0.2) is 9.78 Å². The van der Waals surface area contributed by atoms with Gasteiger partial charge < -0.3 is 24.8 Å². The Kier molecular flexibility index (Phi) is 12.3. The summed E-state index contributed by atoms with van der Waals surface area (Å²) in [6, 6.07) is 8.75. The number of amides is 2. The molecule has 0 aliphatic heterocycles. The van der Waals surface area contributed by atoms with Gasteiger partial charge in [0, 0.05) is 37.9 Å². The Bertz CT molecular complexity index is 1180. The van der Waals surface area contributed by atoms with Crippen LogP contribution in [0.15, 0.2) is 35.7 Å². The zero-order chi connectivity index (χ0) is 30.9. The van der Waals surface area contributed by atoms with E-state index in [-0.39, 0.29) is 30.5 Å². The predicted octanol–water partition coefficient (Wildman–Crippen LogP) is 5.48. The van der Waals surface area contributed by atoms with Gasteiger partial charge in [-0.1, -0.05) is 51.1 Å². The molecule has 41 heavy (non-hydrogen) atoms. The van der Waals surface area contributed by atoms with Gasteiger partial charge in [0.05, 0.1) is 5.92 Å². The van der Waals surface area contributed by atoms with Crippen molar-refractivity contribution in [3.05, 3.63) is 52.0 Å². The third-order valence-electron chi connectivity index (χ3n) is 6.46. The number of ether oxygens (including phenoxy) is 2. The number of carboxylic acid groups (broad SMARTS) is 1. The molecule has 1 aromatic heterocycles. The molecule has 1 aromatic carbocycles. The average molecular weight is 590 g/mol. The Morgan fingerprint density at radius 2 is 1.71 bits per heavy atom. The Labute approximate surface area is 246 Å². The number of benzene rings is 1. The molecule has 10 nitrogen and oxygen atoms in total. The van der Waals surface area contributed by atoms with Crippen LogP contribution in [0, 0.1) is 11.8 Å². The lowest BCUT2D eigenvalue weighted by atomic mass is 9.96. The standard InChI is InChI=1S/C30H43N3O7S/c1-18(2)24(33(8)29(38)40-30(5,6)7)16-25(39-20(4)34)27-32-23(17-41-27)26(35)31-22(14-19(3)28(36)37)15-21-12-10-9-11-13-21/h9-13,17-19,22,24-25H,14-16H2,1-8H3,(H,31,35)(H,36,37)/t19-,22+,24+,25+/m0/s1. The number of hydrogen-bond donors (Lipinski definition) is 2. The minimum Gasteiger partial charge on any atom is -0.481 e. The van der Waals surface area contributed by atoms with Crippen LogP contribution in [-0.4, -0.2) is 63.7 Å². The van der Waals surface area contributed by atoms with Crippen LogP contribution in [0.1, 0.15) is 88.5 Å². The Morgan fingerprint density at radius 3 is 2.24 bits per heavy atom. The number of carbonyl (C=O) groups is 4. The van der Waals surface area contributed by atoms with E-state index in [2.05, 4.69) is 10.3 Å². The number of carboxylic acids is 1. The predicted molar refractivity (Wildman–Crippen MR) is 157 cm³/mol. The molecule has 0 aliphatic rings. The lowest BCUT2D eigenvalue weighted by Crippen LogP contribution is -2.44. The Hall–Kier alpha value is -3.47. The summed E-state index contributed by atoms with van der Waals surface area (Å²) in [4.78, 5) is 55.5. The highest BCUT2D eigenvalue weighted by atomic mass is 32.1. The molecule has 1 heterocycles. The minimum absolute atomic E-state index is 0.00303. The fourth-order valence-electron chi connectivity index (χ4n) is 4.38. The van der Waals surface area contributed by atoms with E-state index in [1.807, 2.05) is 44.2 Å². The highest BCUT2D eigenvalue weighted by Crippen LogP contribution is 2.31. The van der Waals surface area contributed by atoms with Crippen LogP contribution in [0.5, 0.6) is 0 Å². The summed E-state index contributed by atoms with van der Waals surface area (Å²) >= 11 is 1.18. The molecule has 0 spiro atoms. The fourth-order valence-corrected chi connectivity index (χ4v) is 5.22. The van der Waals surface area contributed by atoms with Gasteiger partial charge in [0.1, 0.15) is 16.3 Å². The second-order valence-electron chi connectivity index (χ2n) is 11.6. The largest absolute Gasteiger partial charge is 0.481 e. The molecule has 0 unspecified atom stereocenters. The van der Waals surface area contributed by atoms with Gasteiger partial charge in [-0.3, -0.25) is 14.4 Å². The van der Waals surface area contributed by atoms with Crippen LogP contribution in [-0.2, 0) is 25.5 Å². The number of hydrogen-bond acceptors (Lipinski definition) is 8. The van der Waals surface area contributed by atoms with Crippen molar-refractivity contribution in [1.29, 1.82) is 0 Å². The van der Waals surface area contributed by atoms with Crippen molar-refractivity contribution >= 4 is 35.3 Å². The first kappa shape index (κ1) is 33.7. The molecule has 11 heteroatoms. The van der Waals surface area contributed by atoms with Gasteiger partial charge in [-0.15, -0.1) is 11.3 Å². The number of rotatable bonds is 13. The number of aromatic nitrogens is 1.